The van der Waals surface area contributed by atoms with E-state index >= 15 is 0 Å². The fraction of sp³-hybridized carbons (Fsp3) is 0.571. The molecule has 0 aromatic heterocycles. The van der Waals surface area contributed by atoms with Crippen LogP contribution in [0.2, 0.25) is 0 Å². The molecule has 1 N–H and O–H groups in total. The minimum absolute atomic E-state index is 0.654. The van der Waals surface area contributed by atoms with E-state index in [0.29, 0.717) is 6.04 Å². The molecule has 0 unspecified atom stereocenters. The second-order valence-corrected chi connectivity index (χ2v) is 5.01. The van der Waals surface area contributed by atoms with Gasteiger partial charge in [-0.05, 0) is 44.2 Å². The predicted molar refractivity (Wildman–Crippen MR) is 68.3 cm³/mol. The number of methoxy groups -OCH3 is 1. The maximum atomic E-state index is 5.43. The smallest absolute Gasteiger partial charge is 0.126 e. The summed E-state index contributed by atoms with van der Waals surface area (Å²) in [7, 11) is 1.74. The highest BCUT2D eigenvalue weighted by Gasteiger charge is 2.25. The SMILES string of the molecule is COc1c(C)ccc(NC2CC(C)C2)c1C. The van der Waals surface area contributed by atoms with Crippen molar-refractivity contribution in [3.63, 3.8) is 0 Å². The van der Waals surface area contributed by atoms with E-state index in [-0.39, 0.29) is 0 Å². The average Bonchev–Trinajstić information content (AvgIpc) is 2.20. The van der Waals surface area contributed by atoms with Gasteiger partial charge in [0.05, 0.1) is 7.11 Å². The largest absolute Gasteiger partial charge is 0.496 e. The third-order valence-electron chi connectivity index (χ3n) is 3.54. The Labute approximate surface area is 98.0 Å². The molecule has 0 heterocycles. The molecule has 0 bridgehead atoms. The summed E-state index contributed by atoms with van der Waals surface area (Å²) in [6, 6.07) is 4.94. The van der Waals surface area contributed by atoms with Crippen molar-refractivity contribution in [1.29, 1.82) is 0 Å². The van der Waals surface area contributed by atoms with Gasteiger partial charge in [-0.15, -0.1) is 0 Å². The Morgan fingerprint density at radius 1 is 1.25 bits per heavy atom. The van der Waals surface area contributed by atoms with Crippen LogP contribution in [0, 0.1) is 19.8 Å². The number of benzene rings is 1. The van der Waals surface area contributed by atoms with Crippen LogP contribution in [-0.2, 0) is 0 Å². The zero-order valence-electron chi connectivity index (χ0n) is 10.6. The zero-order chi connectivity index (χ0) is 11.7. The van der Waals surface area contributed by atoms with Crippen LogP contribution in [0.4, 0.5) is 5.69 Å². The zero-order valence-corrected chi connectivity index (χ0v) is 10.6. The first kappa shape index (κ1) is 11.3. The van der Waals surface area contributed by atoms with Crippen molar-refractivity contribution in [2.24, 2.45) is 5.92 Å². The minimum atomic E-state index is 0.654. The Morgan fingerprint density at radius 3 is 2.50 bits per heavy atom. The lowest BCUT2D eigenvalue weighted by atomic mass is 9.81. The van der Waals surface area contributed by atoms with Gasteiger partial charge in [-0.1, -0.05) is 13.0 Å². The van der Waals surface area contributed by atoms with Crippen molar-refractivity contribution in [2.75, 3.05) is 12.4 Å². The molecule has 2 rings (SSSR count). The van der Waals surface area contributed by atoms with E-state index < -0.39 is 0 Å². The highest BCUT2D eigenvalue weighted by Crippen LogP contribution is 2.34. The summed E-state index contributed by atoms with van der Waals surface area (Å²) in [4.78, 5) is 0. The van der Waals surface area contributed by atoms with Crippen LogP contribution in [0.5, 0.6) is 5.75 Å². The molecular formula is C14H21NO. The van der Waals surface area contributed by atoms with Crippen molar-refractivity contribution >= 4 is 5.69 Å². The number of hydrogen-bond donors (Lipinski definition) is 1. The summed E-state index contributed by atoms with van der Waals surface area (Å²) < 4.78 is 5.43. The van der Waals surface area contributed by atoms with Gasteiger partial charge >= 0.3 is 0 Å². The van der Waals surface area contributed by atoms with Crippen molar-refractivity contribution in [3.05, 3.63) is 23.3 Å². The summed E-state index contributed by atoms with van der Waals surface area (Å²) in [5.74, 6) is 1.89. The van der Waals surface area contributed by atoms with Gasteiger partial charge in [-0.2, -0.15) is 0 Å². The molecule has 1 aliphatic rings. The van der Waals surface area contributed by atoms with Crippen molar-refractivity contribution in [2.45, 2.75) is 39.7 Å². The van der Waals surface area contributed by atoms with Gasteiger partial charge in [-0.3, -0.25) is 0 Å². The topological polar surface area (TPSA) is 21.3 Å². The summed E-state index contributed by atoms with van der Waals surface area (Å²) in [6.45, 7) is 6.51. The molecule has 0 saturated heterocycles. The summed E-state index contributed by atoms with van der Waals surface area (Å²) in [6.07, 6.45) is 2.57. The lowest BCUT2D eigenvalue weighted by Crippen LogP contribution is -2.34. The van der Waals surface area contributed by atoms with Crippen LogP contribution in [0.25, 0.3) is 0 Å². The van der Waals surface area contributed by atoms with Gasteiger partial charge in [0.25, 0.3) is 0 Å². The fourth-order valence-electron chi connectivity index (χ4n) is 2.54. The second kappa shape index (κ2) is 4.36. The number of ether oxygens (including phenoxy) is 1. The lowest BCUT2D eigenvalue weighted by Gasteiger charge is -2.34. The molecule has 0 aliphatic heterocycles. The molecule has 0 amide bonds. The molecule has 1 aromatic carbocycles. The van der Waals surface area contributed by atoms with Crippen LogP contribution in [0.3, 0.4) is 0 Å². The van der Waals surface area contributed by atoms with Gasteiger partial charge < -0.3 is 10.1 Å². The molecule has 0 spiro atoms. The van der Waals surface area contributed by atoms with Crippen LogP contribution < -0.4 is 10.1 Å². The normalized spacial score (nSPS) is 23.8. The van der Waals surface area contributed by atoms with Crippen molar-refractivity contribution < 1.29 is 4.74 Å². The molecule has 0 atom stereocenters. The molecule has 1 aliphatic carbocycles. The summed E-state index contributed by atoms with van der Waals surface area (Å²) >= 11 is 0. The van der Waals surface area contributed by atoms with Gasteiger partial charge in [0, 0.05) is 17.3 Å². The first-order valence-electron chi connectivity index (χ1n) is 6.02. The Morgan fingerprint density at radius 2 is 1.94 bits per heavy atom. The highest BCUT2D eigenvalue weighted by atomic mass is 16.5. The Kier molecular flexibility index (Phi) is 3.08. The van der Waals surface area contributed by atoms with Crippen molar-refractivity contribution in [3.8, 4) is 5.75 Å². The first-order chi connectivity index (χ1) is 7.61. The number of nitrogens with one attached hydrogen (secondary N) is 1. The standard InChI is InChI=1S/C14H21NO/c1-9-7-12(8-9)15-13-6-5-10(2)14(16-4)11(13)3/h5-6,9,12,15H,7-8H2,1-4H3. The molecule has 2 heteroatoms. The summed E-state index contributed by atoms with van der Waals surface area (Å²) in [5.41, 5.74) is 3.65. The molecule has 16 heavy (non-hydrogen) atoms. The third-order valence-corrected chi connectivity index (χ3v) is 3.54. The number of aryl methyl sites for hydroxylation is 1. The van der Waals surface area contributed by atoms with Crippen LogP contribution in [0.1, 0.15) is 30.9 Å². The molecule has 88 valence electrons. The van der Waals surface area contributed by atoms with Crippen LogP contribution in [-0.4, -0.2) is 13.2 Å². The molecule has 2 nitrogen and oxygen atoms in total. The van der Waals surface area contributed by atoms with Gasteiger partial charge in [0.2, 0.25) is 0 Å². The number of hydrogen-bond acceptors (Lipinski definition) is 2. The lowest BCUT2D eigenvalue weighted by molar-refractivity contribution is 0.309. The maximum absolute atomic E-state index is 5.43. The highest BCUT2D eigenvalue weighted by molar-refractivity contribution is 5.60. The predicted octanol–water partition coefficient (Wildman–Crippen LogP) is 3.52. The maximum Gasteiger partial charge on any atom is 0.126 e. The van der Waals surface area contributed by atoms with E-state index in [1.165, 1.54) is 29.7 Å². The molecule has 0 radical (unpaired) electrons. The molecule has 1 aromatic rings. The van der Waals surface area contributed by atoms with E-state index in [0.717, 1.165) is 11.7 Å². The van der Waals surface area contributed by atoms with Gasteiger partial charge in [-0.25, -0.2) is 0 Å². The number of rotatable bonds is 3. The quantitative estimate of drug-likeness (QED) is 0.839. The van der Waals surface area contributed by atoms with Gasteiger partial charge in [0.15, 0.2) is 0 Å². The molecule has 1 fully saturated rings. The second-order valence-electron chi connectivity index (χ2n) is 5.01. The van der Waals surface area contributed by atoms with E-state index in [9.17, 15) is 0 Å². The molecular weight excluding hydrogens is 198 g/mol. The fourth-order valence-corrected chi connectivity index (χ4v) is 2.54. The number of anilines is 1. The third kappa shape index (κ3) is 2.01. The minimum Gasteiger partial charge on any atom is -0.496 e. The Bertz CT molecular complexity index is 381. The van der Waals surface area contributed by atoms with E-state index in [1.54, 1.807) is 7.11 Å². The van der Waals surface area contributed by atoms with Gasteiger partial charge in [0.1, 0.15) is 5.75 Å². The first-order valence-corrected chi connectivity index (χ1v) is 6.02. The van der Waals surface area contributed by atoms with Crippen LogP contribution in [0.15, 0.2) is 12.1 Å². The van der Waals surface area contributed by atoms with E-state index in [4.69, 9.17) is 4.74 Å². The average molecular weight is 219 g/mol. The van der Waals surface area contributed by atoms with E-state index in [1.807, 2.05) is 0 Å². The van der Waals surface area contributed by atoms with Crippen LogP contribution >= 0.6 is 0 Å². The van der Waals surface area contributed by atoms with E-state index in [2.05, 4.69) is 38.2 Å². The Hall–Kier alpha value is -1.18. The van der Waals surface area contributed by atoms with Crippen molar-refractivity contribution in [1.82, 2.24) is 0 Å². The monoisotopic (exact) mass is 219 g/mol. The summed E-state index contributed by atoms with van der Waals surface area (Å²) in [5, 5.41) is 3.60. The molecule has 1 saturated carbocycles. The Balaban J connectivity index is 2.15.